The van der Waals surface area contributed by atoms with Crippen molar-refractivity contribution in [2.24, 2.45) is 0 Å². The molecule has 0 aliphatic carbocycles. The largest absolute Gasteiger partial charge is 0.491 e. The Bertz CT molecular complexity index is 680. The Morgan fingerprint density at radius 1 is 0.909 bits per heavy atom. The number of rotatable bonds is 7. The van der Waals surface area contributed by atoms with Crippen LogP contribution >= 0.6 is 0 Å². The summed E-state index contributed by atoms with van der Waals surface area (Å²) < 4.78 is 37.9. The Kier molecular flexibility index (Phi) is 5.41. The van der Waals surface area contributed by atoms with Crippen LogP contribution in [0.25, 0.3) is 0 Å². The summed E-state index contributed by atoms with van der Waals surface area (Å²) in [6.07, 6.45) is 0.467. The molecule has 2 aromatic carbocycles. The fourth-order valence-corrected chi connectivity index (χ4v) is 2.42. The summed E-state index contributed by atoms with van der Waals surface area (Å²) in [6.45, 7) is 1.78. The maximum atomic E-state index is 11.0. The van der Waals surface area contributed by atoms with Gasteiger partial charge in [0, 0.05) is 0 Å². The van der Waals surface area contributed by atoms with E-state index < -0.39 is 16.2 Å². The summed E-state index contributed by atoms with van der Waals surface area (Å²) in [5, 5.41) is 0. The molecule has 22 heavy (non-hydrogen) atoms. The smallest absolute Gasteiger partial charge is 0.264 e. The molecule has 0 spiro atoms. The van der Waals surface area contributed by atoms with Gasteiger partial charge in [-0.1, -0.05) is 18.2 Å². The highest BCUT2D eigenvalue weighted by Gasteiger charge is 2.11. The van der Waals surface area contributed by atoms with E-state index in [1.165, 1.54) is 0 Å². The molecule has 0 amide bonds. The highest BCUT2D eigenvalue weighted by atomic mass is 32.2. The Hall–Kier alpha value is -2.05. The van der Waals surface area contributed by atoms with Crippen molar-refractivity contribution < 1.29 is 22.1 Å². The number of hydrogen-bond acceptors (Lipinski definition) is 5. The molecule has 0 saturated heterocycles. The summed E-state index contributed by atoms with van der Waals surface area (Å²) in [7, 11) is -3.47. The molecular formula is C16H18O5S. The zero-order chi connectivity index (χ0) is 16.0. The van der Waals surface area contributed by atoms with Gasteiger partial charge in [-0.05, 0) is 43.3 Å². The Labute approximate surface area is 130 Å². The molecule has 1 unspecified atom stereocenters. The molecule has 0 aromatic heterocycles. The molecule has 0 radical (unpaired) electrons. The third-order valence-corrected chi connectivity index (χ3v) is 3.30. The second-order valence-corrected chi connectivity index (χ2v) is 6.41. The van der Waals surface area contributed by atoms with Crippen molar-refractivity contribution in [3.8, 4) is 17.2 Å². The van der Waals surface area contributed by atoms with E-state index in [1.54, 1.807) is 31.2 Å². The van der Waals surface area contributed by atoms with Gasteiger partial charge in [0.15, 0.2) is 0 Å². The molecule has 2 rings (SSSR count). The number of para-hydroxylation sites is 1. The number of ether oxygens (including phenoxy) is 2. The molecule has 5 nitrogen and oxygen atoms in total. The van der Waals surface area contributed by atoms with Crippen LogP contribution in [-0.2, 0) is 14.3 Å². The fourth-order valence-electron chi connectivity index (χ4n) is 1.77. The van der Waals surface area contributed by atoms with Crippen LogP contribution in [0.3, 0.4) is 0 Å². The van der Waals surface area contributed by atoms with Crippen molar-refractivity contribution in [2.75, 3.05) is 12.9 Å². The first kappa shape index (κ1) is 16.3. The SMILES string of the molecule is CC(COc1ccc(Oc2ccccc2)cc1)OS(C)(=O)=O. The van der Waals surface area contributed by atoms with E-state index in [0.717, 1.165) is 12.0 Å². The summed E-state index contributed by atoms with van der Waals surface area (Å²) >= 11 is 0. The van der Waals surface area contributed by atoms with E-state index in [2.05, 4.69) is 0 Å². The molecule has 118 valence electrons. The predicted molar refractivity (Wildman–Crippen MR) is 83.8 cm³/mol. The first-order chi connectivity index (χ1) is 10.4. The van der Waals surface area contributed by atoms with Gasteiger partial charge >= 0.3 is 0 Å². The molecule has 0 saturated carbocycles. The van der Waals surface area contributed by atoms with Gasteiger partial charge in [-0.3, -0.25) is 4.18 Å². The maximum Gasteiger partial charge on any atom is 0.264 e. The first-order valence-electron chi connectivity index (χ1n) is 6.76. The lowest BCUT2D eigenvalue weighted by atomic mass is 10.3. The van der Waals surface area contributed by atoms with E-state index in [4.69, 9.17) is 13.7 Å². The third kappa shape index (κ3) is 5.75. The van der Waals surface area contributed by atoms with Crippen LogP contribution in [0.4, 0.5) is 0 Å². The molecule has 6 heteroatoms. The summed E-state index contributed by atoms with van der Waals surface area (Å²) in [6, 6.07) is 16.5. The maximum absolute atomic E-state index is 11.0. The lowest BCUT2D eigenvalue weighted by Crippen LogP contribution is -2.21. The standard InChI is InChI=1S/C16H18O5S/c1-13(21-22(2,17)18)12-19-14-8-10-16(11-9-14)20-15-6-4-3-5-7-15/h3-11,13H,12H2,1-2H3. The van der Waals surface area contributed by atoms with Crippen LogP contribution in [0.2, 0.25) is 0 Å². The van der Waals surface area contributed by atoms with Crippen LogP contribution in [0.15, 0.2) is 54.6 Å². The first-order valence-corrected chi connectivity index (χ1v) is 8.58. The summed E-state index contributed by atoms with van der Waals surface area (Å²) in [5.74, 6) is 2.06. The van der Waals surface area contributed by atoms with Gasteiger partial charge < -0.3 is 9.47 Å². The molecule has 0 bridgehead atoms. The zero-order valence-corrected chi connectivity index (χ0v) is 13.2. The second-order valence-electron chi connectivity index (χ2n) is 4.81. The van der Waals surface area contributed by atoms with Gasteiger partial charge in [-0.15, -0.1) is 0 Å². The van der Waals surface area contributed by atoms with E-state index in [0.29, 0.717) is 11.5 Å². The second kappa shape index (κ2) is 7.29. The van der Waals surface area contributed by atoms with Crippen molar-refractivity contribution >= 4 is 10.1 Å². The topological polar surface area (TPSA) is 61.8 Å². The van der Waals surface area contributed by atoms with Gasteiger partial charge in [-0.25, -0.2) is 0 Å². The van der Waals surface area contributed by atoms with Gasteiger partial charge in [0.2, 0.25) is 0 Å². The minimum absolute atomic E-state index is 0.145. The average Bonchev–Trinajstić information content (AvgIpc) is 2.46. The molecule has 2 aromatic rings. The van der Waals surface area contributed by atoms with Crippen LogP contribution in [-0.4, -0.2) is 27.4 Å². The Morgan fingerprint density at radius 2 is 1.45 bits per heavy atom. The molecule has 0 N–H and O–H groups in total. The van der Waals surface area contributed by atoms with E-state index in [1.807, 2.05) is 30.3 Å². The van der Waals surface area contributed by atoms with Crippen LogP contribution < -0.4 is 9.47 Å². The molecule has 0 fully saturated rings. The zero-order valence-electron chi connectivity index (χ0n) is 12.4. The lowest BCUT2D eigenvalue weighted by molar-refractivity contribution is 0.150. The van der Waals surface area contributed by atoms with Crippen molar-refractivity contribution in [2.45, 2.75) is 13.0 Å². The minimum atomic E-state index is -3.47. The minimum Gasteiger partial charge on any atom is -0.491 e. The normalized spacial score (nSPS) is 12.6. The lowest BCUT2D eigenvalue weighted by Gasteiger charge is -2.13. The van der Waals surface area contributed by atoms with Gasteiger partial charge in [0.1, 0.15) is 30.0 Å². The molecule has 0 aliphatic heterocycles. The highest BCUT2D eigenvalue weighted by molar-refractivity contribution is 7.86. The van der Waals surface area contributed by atoms with Crippen molar-refractivity contribution in [3.63, 3.8) is 0 Å². The molecule has 1 atom stereocenters. The Morgan fingerprint density at radius 3 is 2.05 bits per heavy atom. The average molecular weight is 322 g/mol. The van der Waals surface area contributed by atoms with Crippen LogP contribution in [0.5, 0.6) is 17.2 Å². The Balaban J connectivity index is 1.87. The monoisotopic (exact) mass is 322 g/mol. The van der Waals surface area contributed by atoms with E-state index in [9.17, 15) is 8.42 Å². The summed E-state index contributed by atoms with van der Waals surface area (Å²) in [5.41, 5.74) is 0. The van der Waals surface area contributed by atoms with Crippen LogP contribution in [0.1, 0.15) is 6.92 Å². The van der Waals surface area contributed by atoms with Crippen molar-refractivity contribution in [3.05, 3.63) is 54.6 Å². The molecule has 0 aliphatic rings. The fraction of sp³-hybridized carbons (Fsp3) is 0.250. The predicted octanol–water partition coefficient (Wildman–Crippen LogP) is 3.22. The van der Waals surface area contributed by atoms with E-state index in [-0.39, 0.29) is 6.61 Å². The highest BCUT2D eigenvalue weighted by Crippen LogP contribution is 2.23. The van der Waals surface area contributed by atoms with Gasteiger partial charge in [0.25, 0.3) is 10.1 Å². The molecule has 0 heterocycles. The van der Waals surface area contributed by atoms with Crippen LogP contribution in [0, 0.1) is 0 Å². The molecular weight excluding hydrogens is 304 g/mol. The van der Waals surface area contributed by atoms with E-state index >= 15 is 0 Å². The number of hydrogen-bond donors (Lipinski definition) is 0. The summed E-state index contributed by atoms with van der Waals surface area (Å²) in [4.78, 5) is 0. The van der Waals surface area contributed by atoms with Crippen molar-refractivity contribution in [1.29, 1.82) is 0 Å². The van der Waals surface area contributed by atoms with Crippen molar-refractivity contribution in [1.82, 2.24) is 0 Å². The third-order valence-electron chi connectivity index (χ3n) is 2.63. The number of benzene rings is 2. The van der Waals surface area contributed by atoms with Gasteiger partial charge in [-0.2, -0.15) is 8.42 Å². The van der Waals surface area contributed by atoms with Gasteiger partial charge in [0.05, 0.1) is 6.26 Å². The quantitative estimate of drug-likeness (QED) is 0.732.